The SMILES string of the molecule is O=C(C1CCCN(c2nc(Cc3ccc(F)cc3)ns2)C1)N1CCN(c2ccc([N+](=O)[O-])cc2)CC1. The quantitative estimate of drug-likeness (QED) is 0.368. The van der Waals surface area contributed by atoms with Gasteiger partial charge < -0.3 is 14.7 Å². The Morgan fingerprint density at radius 3 is 2.44 bits per heavy atom. The molecule has 1 aromatic heterocycles. The van der Waals surface area contributed by atoms with Crippen LogP contribution in [0.2, 0.25) is 0 Å². The van der Waals surface area contributed by atoms with Gasteiger partial charge in [0.05, 0.1) is 10.8 Å². The van der Waals surface area contributed by atoms with Crippen molar-refractivity contribution in [1.29, 1.82) is 0 Å². The lowest BCUT2D eigenvalue weighted by Crippen LogP contribution is -2.52. The Morgan fingerprint density at radius 1 is 1.03 bits per heavy atom. The number of rotatable bonds is 6. The molecule has 5 rings (SSSR count). The maximum atomic E-state index is 13.3. The highest BCUT2D eigenvalue weighted by molar-refractivity contribution is 7.09. The molecule has 2 aliphatic rings. The van der Waals surface area contributed by atoms with Gasteiger partial charge in [-0.25, -0.2) is 9.37 Å². The minimum absolute atomic E-state index is 0.0749. The zero-order valence-electron chi connectivity index (χ0n) is 19.8. The smallest absolute Gasteiger partial charge is 0.269 e. The first-order valence-corrected chi connectivity index (χ1v) is 12.8. The van der Waals surface area contributed by atoms with Crippen molar-refractivity contribution in [3.63, 3.8) is 0 Å². The van der Waals surface area contributed by atoms with Gasteiger partial charge in [0.25, 0.3) is 5.69 Å². The number of piperazine rings is 1. The Balaban J connectivity index is 1.15. The van der Waals surface area contributed by atoms with E-state index < -0.39 is 4.92 Å². The van der Waals surface area contributed by atoms with Gasteiger partial charge in [0.2, 0.25) is 11.0 Å². The molecule has 2 fully saturated rings. The number of carbonyl (C=O) groups is 1. The number of benzene rings is 2. The number of piperidine rings is 1. The topological polar surface area (TPSA) is 95.7 Å². The van der Waals surface area contributed by atoms with Gasteiger partial charge in [-0.2, -0.15) is 4.37 Å². The molecule has 188 valence electrons. The van der Waals surface area contributed by atoms with E-state index >= 15 is 0 Å². The molecule has 2 saturated heterocycles. The number of non-ortho nitro benzene ring substituents is 1. The van der Waals surface area contributed by atoms with Crippen LogP contribution in [0.25, 0.3) is 0 Å². The van der Waals surface area contributed by atoms with E-state index in [0.717, 1.165) is 35.8 Å². The van der Waals surface area contributed by atoms with Crippen molar-refractivity contribution < 1.29 is 14.1 Å². The largest absolute Gasteiger partial charge is 0.368 e. The van der Waals surface area contributed by atoms with Crippen molar-refractivity contribution in [2.45, 2.75) is 19.3 Å². The van der Waals surface area contributed by atoms with E-state index in [1.165, 1.54) is 35.8 Å². The first-order chi connectivity index (χ1) is 17.5. The van der Waals surface area contributed by atoms with Crippen LogP contribution in [0, 0.1) is 21.8 Å². The predicted octanol–water partition coefficient (Wildman–Crippen LogP) is 3.74. The van der Waals surface area contributed by atoms with Crippen molar-refractivity contribution in [2.24, 2.45) is 5.92 Å². The highest BCUT2D eigenvalue weighted by Crippen LogP contribution is 2.27. The molecule has 11 heteroatoms. The normalized spacial score (nSPS) is 18.4. The van der Waals surface area contributed by atoms with E-state index in [4.69, 9.17) is 0 Å². The van der Waals surface area contributed by atoms with Crippen LogP contribution < -0.4 is 9.80 Å². The Labute approximate surface area is 212 Å². The summed E-state index contributed by atoms with van der Waals surface area (Å²) in [6.45, 7) is 4.14. The van der Waals surface area contributed by atoms with Gasteiger partial charge in [0, 0.05) is 75.0 Å². The maximum absolute atomic E-state index is 13.3. The van der Waals surface area contributed by atoms with Crippen LogP contribution in [0.5, 0.6) is 0 Å². The number of hydrogen-bond acceptors (Lipinski definition) is 8. The number of nitro groups is 1. The fourth-order valence-corrected chi connectivity index (χ4v) is 5.53. The van der Waals surface area contributed by atoms with E-state index in [9.17, 15) is 19.3 Å². The number of nitrogens with zero attached hydrogens (tertiary/aromatic N) is 6. The Kier molecular flexibility index (Phi) is 7.08. The second kappa shape index (κ2) is 10.6. The van der Waals surface area contributed by atoms with E-state index in [-0.39, 0.29) is 23.3 Å². The van der Waals surface area contributed by atoms with Crippen molar-refractivity contribution in [3.05, 3.63) is 75.9 Å². The maximum Gasteiger partial charge on any atom is 0.269 e. The van der Waals surface area contributed by atoms with Crippen molar-refractivity contribution >= 4 is 33.9 Å². The van der Waals surface area contributed by atoms with Gasteiger partial charge in [-0.15, -0.1) is 0 Å². The molecule has 9 nitrogen and oxygen atoms in total. The molecule has 0 saturated carbocycles. The molecule has 3 aromatic rings. The third kappa shape index (κ3) is 5.46. The van der Waals surface area contributed by atoms with E-state index in [2.05, 4.69) is 19.2 Å². The molecular formula is C25H27FN6O3S. The molecule has 0 N–H and O–H groups in total. The van der Waals surface area contributed by atoms with Gasteiger partial charge in [0.1, 0.15) is 11.6 Å². The van der Waals surface area contributed by atoms with Gasteiger partial charge in [-0.05, 0) is 42.7 Å². The van der Waals surface area contributed by atoms with Crippen LogP contribution in [0.15, 0.2) is 48.5 Å². The van der Waals surface area contributed by atoms with Gasteiger partial charge >= 0.3 is 0 Å². The number of carbonyl (C=O) groups excluding carboxylic acids is 1. The van der Waals surface area contributed by atoms with E-state index in [1.807, 2.05) is 4.90 Å². The summed E-state index contributed by atoms with van der Waals surface area (Å²) in [6.07, 6.45) is 2.33. The third-order valence-corrected chi connectivity index (χ3v) is 7.61. The van der Waals surface area contributed by atoms with Crippen molar-refractivity contribution in [2.75, 3.05) is 49.1 Å². The summed E-state index contributed by atoms with van der Waals surface area (Å²) in [5.41, 5.74) is 1.97. The lowest BCUT2D eigenvalue weighted by molar-refractivity contribution is -0.384. The predicted molar refractivity (Wildman–Crippen MR) is 136 cm³/mol. The van der Waals surface area contributed by atoms with E-state index in [1.54, 1.807) is 24.3 Å². The Hall–Kier alpha value is -3.60. The Morgan fingerprint density at radius 2 is 1.75 bits per heavy atom. The molecule has 1 unspecified atom stereocenters. The molecular weight excluding hydrogens is 483 g/mol. The monoisotopic (exact) mass is 510 g/mol. The Bertz CT molecular complexity index is 1210. The molecule has 1 atom stereocenters. The zero-order valence-corrected chi connectivity index (χ0v) is 20.6. The third-order valence-electron chi connectivity index (χ3n) is 6.79. The molecule has 1 amide bonds. The second-order valence-electron chi connectivity index (χ2n) is 9.17. The summed E-state index contributed by atoms with van der Waals surface area (Å²) in [6, 6.07) is 12.9. The summed E-state index contributed by atoms with van der Waals surface area (Å²) >= 11 is 1.35. The van der Waals surface area contributed by atoms with Crippen molar-refractivity contribution in [3.8, 4) is 0 Å². The number of halogens is 1. The lowest BCUT2D eigenvalue weighted by Gasteiger charge is -2.39. The highest BCUT2D eigenvalue weighted by Gasteiger charge is 2.32. The second-order valence-corrected chi connectivity index (χ2v) is 9.90. The molecule has 2 aliphatic heterocycles. The summed E-state index contributed by atoms with van der Waals surface area (Å²) in [4.78, 5) is 34.7. The molecule has 0 aliphatic carbocycles. The molecule has 36 heavy (non-hydrogen) atoms. The summed E-state index contributed by atoms with van der Waals surface area (Å²) in [5.74, 6) is 0.549. The van der Waals surface area contributed by atoms with E-state index in [0.29, 0.717) is 45.0 Å². The van der Waals surface area contributed by atoms with Gasteiger partial charge in [-0.3, -0.25) is 14.9 Å². The standard InChI is InChI=1S/C25H27FN6O3S/c26-20-5-3-18(4-6-20)16-23-27-25(36-28-23)31-11-1-2-19(17-31)24(33)30-14-12-29(13-15-30)21-7-9-22(10-8-21)32(34)35/h3-10,19H,1-2,11-17H2. The molecule has 3 heterocycles. The number of aromatic nitrogens is 2. The van der Waals surface area contributed by atoms with Crippen LogP contribution in [0.4, 0.5) is 20.9 Å². The molecule has 0 spiro atoms. The molecule has 2 aromatic carbocycles. The lowest BCUT2D eigenvalue weighted by atomic mass is 9.96. The van der Waals surface area contributed by atoms with Crippen molar-refractivity contribution in [1.82, 2.24) is 14.3 Å². The van der Waals surface area contributed by atoms with Crippen LogP contribution in [0.3, 0.4) is 0 Å². The fourth-order valence-electron chi connectivity index (χ4n) is 4.81. The fraction of sp³-hybridized carbons (Fsp3) is 0.400. The summed E-state index contributed by atoms with van der Waals surface area (Å²) in [5, 5.41) is 11.7. The van der Waals surface area contributed by atoms with Crippen LogP contribution >= 0.6 is 11.5 Å². The highest BCUT2D eigenvalue weighted by atomic mass is 32.1. The first-order valence-electron chi connectivity index (χ1n) is 12.1. The molecule has 0 bridgehead atoms. The summed E-state index contributed by atoms with van der Waals surface area (Å²) in [7, 11) is 0. The van der Waals surface area contributed by atoms with Crippen LogP contribution in [-0.4, -0.2) is 64.4 Å². The minimum Gasteiger partial charge on any atom is -0.368 e. The zero-order chi connectivity index (χ0) is 25.1. The first kappa shape index (κ1) is 24.1. The average Bonchev–Trinajstić information content (AvgIpc) is 3.38. The summed E-state index contributed by atoms with van der Waals surface area (Å²) < 4.78 is 17.6. The number of anilines is 2. The van der Waals surface area contributed by atoms with Gasteiger partial charge in [0.15, 0.2) is 0 Å². The van der Waals surface area contributed by atoms with Crippen LogP contribution in [0.1, 0.15) is 24.2 Å². The minimum atomic E-state index is -0.401. The number of hydrogen-bond donors (Lipinski definition) is 0. The van der Waals surface area contributed by atoms with Gasteiger partial charge in [-0.1, -0.05) is 12.1 Å². The average molecular weight is 511 g/mol. The number of nitro benzene ring substituents is 1. The molecule has 0 radical (unpaired) electrons. The number of amides is 1. The van der Waals surface area contributed by atoms with Crippen LogP contribution in [-0.2, 0) is 11.2 Å².